The molecule has 0 saturated heterocycles. The van der Waals surface area contributed by atoms with Gasteiger partial charge in [0.05, 0.1) is 23.3 Å². The Bertz CT molecular complexity index is 729. The Morgan fingerprint density at radius 3 is 2.75 bits per heavy atom. The van der Waals surface area contributed by atoms with Crippen molar-refractivity contribution in [2.24, 2.45) is 4.99 Å². The number of aliphatic imine (C=N–C) groups is 1. The van der Waals surface area contributed by atoms with Gasteiger partial charge in [0.1, 0.15) is 12.9 Å². The van der Waals surface area contributed by atoms with E-state index < -0.39 is 0 Å². The maximum Gasteiger partial charge on any atom is 0.338 e. The predicted molar refractivity (Wildman–Crippen MR) is 93.5 cm³/mol. The zero-order valence-electron chi connectivity index (χ0n) is 14.5. The van der Waals surface area contributed by atoms with Crippen molar-refractivity contribution >= 4 is 18.0 Å². The number of esters is 1. The molecule has 126 valence electrons. The summed E-state index contributed by atoms with van der Waals surface area (Å²) in [5, 5.41) is 0. The summed E-state index contributed by atoms with van der Waals surface area (Å²) in [6.07, 6.45) is 4.83. The fourth-order valence-corrected chi connectivity index (χ4v) is 2.03. The molecule has 24 heavy (non-hydrogen) atoms. The first-order valence-electron chi connectivity index (χ1n) is 7.79. The lowest BCUT2D eigenvalue weighted by Crippen LogP contribution is -2.14. The summed E-state index contributed by atoms with van der Waals surface area (Å²) in [6.45, 7) is 6.92. The van der Waals surface area contributed by atoms with Crippen molar-refractivity contribution in [2.45, 2.75) is 27.4 Å². The highest BCUT2D eigenvalue weighted by Crippen LogP contribution is 2.25. The highest BCUT2D eigenvalue weighted by Gasteiger charge is 2.14. The maximum atomic E-state index is 12.3. The minimum atomic E-state index is -0.365. The number of hydrogen-bond donors (Lipinski definition) is 0. The van der Waals surface area contributed by atoms with E-state index in [0.29, 0.717) is 11.3 Å². The van der Waals surface area contributed by atoms with Gasteiger partial charge in [0.2, 0.25) is 0 Å². The third kappa shape index (κ3) is 4.38. The molecule has 0 aliphatic carbocycles. The molecular weight excluding hydrogens is 304 g/mol. The van der Waals surface area contributed by atoms with Gasteiger partial charge < -0.3 is 9.64 Å². The van der Waals surface area contributed by atoms with Gasteiger partial charge in [-0.25, -0.2) is 19.8 Å². The number of benzene rings is 1. The van der Waals surface area contributed by atoms with Gasteiger partial charge >= 0.3 is 5.97 Å². The van der Waals surface area contributed by atoms with Gasteiger partial charge in [-0.3, -0.25) is 0 Å². The van der Waals surface area contributed by atoms with E-state index in [9.17, 15) is 4.79 Å². The van der Waals surface area contributed by atoms with Crippen molar-refractivity contribution in [1.29, 1.82) is 0 Å². The Kier molecular flexibility index (Phi) is 6.01. The average molecular weight is 326 g/mol. The Balaban J connectivity index is 2.12. The molecule has 0 radical (unpaired) electrons. The molecule has 0 amide bonds. The van der Waals surface area contributed by atoms with Crippen molar-refractivity contribution in [3.05, 3.63) is 53.1 Å². The maximum absolute atomic E-state index is 12.3. The third-order valence-electron chi connectivity index (χ3n) is 3.87. The molecule has 2 aromatic rings. The molecule has 0 unspecified atom stereocenters. The smallest absolute Gasteiger partial charge is 0.338 e. The van der Waals surface area contributed by atoms with E-state index in [-0.39, 0.29) is 12.6 Å². The first-order valence-corrected chi connectivity index (χ1v) is 7.79. The molecule has 0 N–H and O–H groups in total. The Morgan fingerprint density at radius 1 is 1.29 bits per heavy atom. The Hall–Kier alpha value is -2.76. The van der Waals surface area contributed by atoms with Crippen LogP contribution < -0.4 is 0 Å². The van der Waals surface area contributed by atoms with Gasteiger partial charge in [0.25, 0.3) is 0 Å². The minimum absolute atomic E-state index is 0.126. The summed E-state index contributed by atoms with van der Waals surface area (Å²) in [7, 11) is 1.96. The van der Waals surface area contributed by atoms with Crippen LogP contribution in [0.2, 0.25) is 0 Å². The van der Waals surface area contributed by atoms with E-state index in [4.69, 9.17) is 4.74 Å². The highest BCUT2D eigenvalue weighted by atomic mass is 16.5. The fraction of sp³-hybridized carbons (Fsp3) is 0.333. The summed E-state index contributed by atoms with van der Waals surface area (Å²) in [4.78, 5) is 26.6. The Labute approximate surface area is 142 Å². The molecule has 1 aromatic heterocycles. The second-order valence-corrected chi connectivity index (χ2v) is 5.48. The van der Waals surface area contributed by atoms with E-state index in [2.05, 4.69) is 21.9 Å². The van der Waals surface area contributed by atoms with Crippen LogP contribution in [-0.2, 0) is 11.3 Å². The number of carbonyl (C=O) groups is 1. The molecule has 0 bridgehead atoms. The van der Waals surface area contributed by atoms with Crippen LogP contribution in [0.4, 0.5) is 5.69 Å². The van der Waals surface area contributed by atoms with E-state index in [1.54, 1.807) is 24.7 Å². The zero-order chi connectivity index (χ0) is 17.5. The van der Waals surface area contributed by atoms with Crippen LogP contribution in [0.1, 0.15) is 34.1 Å². The van der Waals surface area contributed by atoms with Crippen LogP contribution in [0, 0.1) is 13.8 Å². The fourth-order valence-electron chi connectivity index (χ4n) is 2.03. The molecule has 6 nitrogen and oxygen atoms in total. The lowest BCUT2D eigenvalue weighted by molar-refractivity contribution is 0.0466. The second kappa shape index (κ2) is 8.19. The van der Waals surface area contributed by atoms with Gasteiger partial charge in [-0.05, 0) is 50.1 Å². The quantitative estimate of drug-likeness (QED) is 0.464. The summed E-state index contributed by atoms with van der Waals surface area (Å²) >= 11 is 0. The number of rotatable bonds is 6. The molecule has 0 aliphatic heterocycles. The van der Waals surface area contributed by atoms with Crippen LogP contribution >= 0.6 is 0 Å². The average Bonchev–Trinajstić information content (AvgIpc) is 2.61. The normalized spacial score (nSPS) is 10.8. The number of nitrogens with zero attached hydrogens (tertiary/aromatic N) is 4. The molecule has 0 spiro atoms. The van der Waals surface area contributed by atoms with Gasteiger partial charge in [0.15, 0.2) is 0 Å². The molecular formula is C18H22N4O2. The predicted octanol–water partition coefficient (Wildman–Crippen LogP) is 3.06. The number of ether oxygens (including phenoxy) is 1. The van der Waals surface area contributed by atoms with Gasteiger partial charge in [-0.15, -0.1) is 0 Å². The van der Waals surface area contributed by atoms with Crippen LogP contribution in [0.3, 0.4) is 0 Å². The zero-order valence-corrected chi connectivity index (χ0v) is 14.5. The SMILES string of the molecule is CCN(C)C=Nc1ccc(C(=O)OCc2ccncn2)c(C)c1C. The van der Waals surface area contributed by atoms with Crippen molar-refractivity contribution in [1.82, 2.24) is 14.9 Å². The second-order valence-electron chi connectivity index (χ2n) is 5.48. The molecule has 0 fully saturated rings. The topological polar surface area (TPSA) is 67.7 Å². The number of hydrogen-bond acceptors (Lipinski definition) is 5. The molecule has 0 aliphatic rings. The van der Waals surface area contributed by atoms with Gasteiger partial charge in [-0.1, -0.05) is 0 Å². The molecule has 1 heterocycles. The number of aromatic nitrogens is 2. The van der Waals surface area contributed by atoms with Crippen LogP contribution in [-0.4, -0.2) is 40.8 Å². The summed E-state index contributed by atoms with van der Waals surface area (Å²) in [5.74, 6) is -0.365. The van der Waals surface area contributed by atoms with E-state index >= 15 is 0 Å². The molecule has 0 saturated carbocycles. The van der Waals surface area contributed by atoms with Crippen molar-refractivity contribution < 1.29 is 9.53 Å². The van der Waals surface area contributed by atoms with Crippen molar-refractivity contribution in [3.8, 4) is 0 Å². The lowest BCUT2D eigenvalue weighted by Gasteiger charge is -2.12. The molecule has 1 aromatic carbocycles. The first-order chi connectivity index (χ1) is 11.5. The molecule has 6 heteroatoms. The largest absolute Gasteiger partial charge is 0.456 e. The van der Waals surface area contributed by atoms with E-state index in [1.165, 1.54) is 6.33 Å². The van der Waals surface area contributed by atoms with E-state index in [1.807, 2.05) is 31.9 Å². The van der Waals surface area contributed by atoms with Crippen LogP contribution in [0.25, 0.3) is 0 Å². The summed E-state index contributed by atoms with van der Waals surface area (Å²) in [6, 6.07) is 5.31. The van der Waals surface area contributed by atoms with Crippen molar-refractivity contribution in [3.63, 3.8) is 0 Å². The third-order valence-corrected chi connectivity index (χ3v) is 3.87. The number of carbonyl (C=O) groups excluding carboxylic acids is 1. The van der Waals surface area contributed by atoms with Crippen LogP contribution in [0.5, 0.6) is 0 Å². The summed E-state index contributed by atoms with van der Waals surface area (Å²) in [5.41, 5.74) is 3.89. The highest BCUT2D eigenvalue weighted by molar-refractivity contribution is 5.92. The van der Waals surface area contributed by atoms with E-state index in [0.717, 1.165) is 23.4 Å². The molecule has 0 atom stereocenters. The monoisotopic (exact) mass is 326 g/mol. The first kappa shape index (κ1) is 17.6. The lowest BCUT2D eigenvalue weighted by atomic mass is 10.0. The molecule has 2 rings (SSSR count). The summed E-state index contributed by atoms with van der Waals surface area (Å²) < 4.78 is 5.33. The van der Waals surface area contributed by atoms with Crippen molar-refractivity contribution in [2.75, 3.05) is 13.6 Å². The Morgan fingerprint density at radius 2 is 2.08 bits per heavy atom. The van der Waals surface area contributed by atoms with Gasteiger partial charge in [-0.2, -0.15) is 0 Å². The minimum Gasteiger partial charge on any atom is -0.456 e. The standard InChI is InChI=1S/C18H22N4O2/c1-5-22(4)12-21-17-7-6-16(13(2)14(17)3)18(23)24-10-15-8-9-19-11-20-15/h6-9,11-12H,5,10H2,1-4H3. The van der Waals surface area contributed by atoms with Crippen LogP contribution in [0.15, 0.2) is 35.7 Å². The van der Waals surface area contributed by atoms with Gasteiger partial charge in [0, 0.05) is 19.8 Å².